The zero-order chi connectivity index (χ0) is 81.6. The first-order chi connectivity index (χ1) is 53.3. The number of aliphatic hydroxyl groups excluding tert-OH is 4. The van der Waals surface area contributed by atoms with Gasteiger partial charge >= 0.3 is 6.09 Å². The summed E-state index contributed by atoms with van der Waals surface area (Å²) in [5.41, 5.74) is 4.87. The number of carbonyl (C=O) groups excluding carboxylic acids is 13. The van der Waals surface area contributed by atoms with E-state index in [1.54, 1.807) is 13.8 Å². The van der Waals surface area contributed by atoms with Gasteiger partial charge in [-0.1, -0.05) is 93.8 Å². The Morgan fingerprint density at radius 3 is 1.85 bits per heavy atom. The first-order valence-corrected chi connectivity index (χ1v) is 37.5. The third-order valence-corrected chi connectivity index (χ3v) is 21.1. The number of aromatic hydroxyl groups is 2. The Bertz CT molecular complexity index is 4180. The van der Waals surface area contributed by atoms with Gasteiger partial charge in [0.15, 0.2) is 17.9 Å². The number of aliphatic hydroxyl groups is 5. The highest BCUT2D eigenvalue weighted by Gasteiger charge is 2.51. The van der Waals surface area contributed by atoms with Crippen molar-refractivity contribution in [3.05, 3.63) is 111 Å². The van der Waals surface area contributed by atoms with Crippen molar-refractivity contribution in [2.75, 3.05) is 40.1 Å². The van der Waals surface area contributed by atoms with Gasteiger partial charge in [0.2, 0.25) is 58.9 Å². The predicted octanol–water partition coefficient (Wildman–Crippen LogP) is 0.178. The van der Waals surface area contributed by atoms with Gasteiger partial charge in [-0.15, -0.1) is 0 Å². The zero-order valence-corrected chi connectivity index (χ0v) is 63.1. The topological polar surface area (TPSA) is 535 Å². The van der Waals surface area contributed by atoms with E-state index in [-0.39, 0.29) is 65.8 Å². The van der Waals surface area contributed by atoms with E-state index in [0.29, 0.717) is 38.5 Å². The number of amides is 10. The number of unbranched alkanes of at least 4 members (excludes halogenated alkanes) is 1. The van der Waals surface area contributed by atoms with Gasteiger partial charge in [0, 0.05) is 61.8 Å². The van der Waals surface area contributed by atoms with Gasteiger partial charge in [-0.25, -0.2) is 4.79 Å². The normalized spacial score (nSPS) is 21.0. The van der Waals surface area contributed by atoms with Crippen molar-refractivity contribution in [3.8, 4) is 28.4 Å². The summed E-state index contributed by atoms with van der Waals surface area (Å²) in [5, 5.41) is 101. The zero-order valence-electron chi connectivity index (χ0n) is 63.1. The number of ether oxygens (including phenoxy) is 4. The van der Waals surface area contributed by atoms with Crippen LogP contribution in [0, 0.1) is 11.8 Å². The van der Waals surface area contributed by atoms with E-state index >= 15 is 0 Å². The molecule has 0 unspecified atom stereocenters. The summed E-state index contributed by atoms with van der Waals surface area (Å²) >= 11 is 0. The van der Waals surface area contributed by atoms with Crippen LogP contribution >= 0.6 is 0 Å². The molecule has 0 radical (unpaired) electrons. The van der Waals surface area contributed by atoms with Crippen LogP contribution in [0.4, 0.5) is 4.79 Å². The minimum absolute atomic E-state index is 0.0255. The van der Waals surface area contributed by atoms with Crippen LogP contribution in [-0.4, -0.2) is 225 Å². The molecule has 13 atom stereocenters. The fourth-order valence-corrected chi connectivity index (χ4v) is 15.2. The molecule has 0 bridgehead atoms. The van der Waals surface area contributed by atoms with Crippen molar-refractivity contribution in [3.63, 3.8) is 0 Å². The summed E-state index contributed by atoms with van der Waals surface area (Å²) in [6.45, 7) is 4.27. The molecule has 10 amide bonds. The number of fused-ring (bicyclic) bond motifs is 6. The molecule has 18 N–H and O–H groups in total. The second-order valence-electron chi connectivity index (χ2n) is 29.5. The van der Waals surface area contributed by atoms with Crippen LogP contribution in [0.1, 0.15) is 184 Å². The first-order valence-electron chi connectivity index (χ1n) is 37.5. The summed E-state index contributed by atoms with van der Waals surface area (Å²) in [6.07, 6.45) is -5.98. The van der Waals surface area contributed by atoms with E-state index < -0.39 is 236 Å². The van der Waals surface area contributed by atoms with E-state index in [2.05, 4.69) is 47.9 Å². The maximum Gasteiger partial charge on any atom is 0.407 e. The Hall–Kier alpha value is -10.5. The fraction of sp³-hybridized carbons (Fsp3) is 0.526. The van der Waals surface area contributed by atoms with Crippen molar-refractivity contribution in [1.82, 2.24) is 47.9 Å². The lowest BCUT2D eigenvalue weighted by Gasteiger charge is -2.43. The summed E-state index contributed by atoms with van der Waals surface area (Å²) in [7, 11) is 1.25. The monoisotopic (exact) mass is 1560 g/mol. The molecular weight excluding hydrogens is 1460 g/mol. The second-order valence-corrected chi connectivity index (χ2v) is 29.5. The second kappa shape index (κ2) is 38.2. The highest BCUT2D eigenvalue weighted by atomic mass is 16.7. The summed E-state index contributed by atoms with van der Waals surface area (Å²) in [4.78, 5) is 178. The van der Waals surface area contributed by atoms with Crippen molar-refractivity contribution < 1.29 is 117 Å². The predicted molar refractivity (Wildman–Crippen MR) is 396 cm³/mol. The standard InChI is InChI=1S/C78H100N10O24/c1-37(2)29-52(73(103)84-51-30-59(111-39(4)65(51)95)112-56-32-78(108,57(93)35-91)31-47-61(56)69(99)63-62(67(47)97)66(96)46-23-16-25-55(109-6)60(46)68(63)98)85-74(104)53(33-89)87-72(102)50(26-27-58(79)94)83-76(106)64(41-17-8-7-9-18-41)88-75(105)54(34-90)86-70(100)38(3)81-71(101)49(82-40(5)92)24-14-15-28-80-77(107)110-36-48-44-21-12-10-19-42(44)43-20-11-13-22-45(43)48/h10-13,16,19-23,25,37-39,41,48-54,56,59,64-65,89-91,95,97,99,108H,7-9,14-15,17-18,24,26-36H2,1-6H3,(H2,79,94)(H,80,107)(H,81,101)(H,82,92)(H,83,106)(H,84,103)(H,85,104)(H,86,100)(H,87,102)(H,88,105)/t38-,39-,49-,50-,51-,52-,53-,54-,56-,59-,64-,65+,78-/m0/s1. The Balaban J connectivity index is 0.804. The maximum atomic E-state index is 14.6. The molecule has 0 spiro atoms. The van der Waals surface area contributed by atoms with Crippen molar-refractivity contribution >= 4 is 76.6 Å². The quantitative estimate of drug-likeness (QED) is 0.0190. The van der Waals surface area contributed by atoms with Gasteiger partial charge in [-0.05, 0) is 98.9 Å². The minimum Gasteiger partial charge on any atom is -0.507 e. The molecule has 606 valence electrons. The Morgan fingerprint density at radius 1 is 0.652 bits per heavy atom. The first kappa shape index (κ1) is 85.5. The number of phenolic OH excluding ortho intramolecular Hbond substituents is 2. The molecule has 34 nitrogen and oxygen atoms in total. The Morgan fingerprint density at radius 2 is 1.23 bits per heavy atom. The van der Waals surface area contributed by atoms with E-state index in [1.807, 2.05) is 48.5 Å². The van der Waals surface area contributed by atoms with E-state index in [1.165, 1.54) is 46.1 Å². The van der Waals surface area contributed by atoms with E-state index in [0.717, 1.165) is 28.7 Å². The Kier molecular flexibility index (Phi) is 29.1. The summed E-state index contributed by atoms with van der Waals surface area (Å²) < 4.78 is 23.3. The fourth-order valence-electron chi connectivity index (χ4n) is 15.2. The van der Waals surface area contributed by atoms with Crippen LogP contribution in [0.25, 0.3) is 11.1 Å². The molecular formula is C78H100N10O24. The number of phenols is 2. The van der Waals surface area contributed by atoms with Crippen molar-refractivity contribution in [1.29, 1.82) is 0 Å². The third kappa shape index (κ3) is 20.0. The van der Waals surface area contributed by atoms with Crippen LogP contribution in [0.3, 0.4) is 0 Å². The SMILES string of the molecule is COc1cccc2c1C(=O)c1c(O)c3c(c(O)c1C2=O)C[C@@](O)(C(=O)CO)C[C@@H]3O[C@H]1C[C@H](NC(=O)[C@H](CC(C)C)NC(=O)[C@H](CO)NC(=O)[C@H](CCC(N)=O)NC(=O)[C@@H](NC(=O)[C@H](CO)NC(=O)[C@H](C)NC(=O)[C@H](CCCCNC(=O)OCC2c3ccccc3-c3ccccc32)NC(C)=O)C2CCCCC2)[C@H](O)[C@H](C)O1. The van der Waals surface area contributed by atoms with Crippen LogP contribution in [0.5, 0.6) is 17.2 Å². The van der Waals surface area contributed by atoms with Crippen molar-refractivity contribution in [2.45, 2.75) is 209 Å². The molecule has 5 aliphatic rings. The average molecular weight is 1560 g/mol. The average Bonchev–Trinajstić information content (AvgIpc) is 0.900. The van der Waals surface area contributed by atoms with E-state index in [9.17, 15) is 98.1 Å². The molecule has 1 saturated heterocycles. The maximum absolute atomic E-state index is 14.6. The molecule has 112 heavy (non-hydrogen) atoms. The molecule has 1 aliphatic heterocycles. The highest BCUT2D eigenvalue weighted by molar-refractivity contribution is 6.31. The number of nitrogens with one attached hydrogen (secondary N) is 9. The number of benzene rings is 4. The van der Waals surface area contributed by atoms with Gasteiger partial charge in [-0.3, -0.25) is 57.5 Å². The van der Waals surface area contributed by atoms with Crippen LogP contribution in [0.15, 0.2) is 66.7 Å². The lowest BCUT2D eigenvalue weighted by atomic mass is 9.72. The number of hydrogen-bond acceptors (Lipinski definition) is 24. The van der Waals surface area contributed by atoms with Crippen LogP contribution in [-0.2, 0) is 68.6 Å². The van der Waals surface area contributed by atoms with Gasteiger partial charge in [0.05, 0.1) is 55.3 Å². The number of ketones is 3. The lowest BCUT2D eigenvalue weighted by molar-refractivity contribution is -0.249. The number of Topliss-reactive ketones (excluding diaryl/α,β-unsaturated/α-hetero) is 1. The number of primary amides is 1. The van der Waals surface area contributed by atoms with Gasteiger partial charge in [0.1, 0.15) is 84.5 Å². The molecule has 2 fully saturated rings. The van der Waals surface area contributed by atoms with Crippen LogP contribution < -0.4 is 58.3 Å². The summed E-state index contributed by atoms with van der Waals surface area (Å²) in [5.74, 6) is -14.2. The molecule has 0 aromatic heterocycles. The van der Waals surface area contributed by atoms with Crippen molar-refractivity contribution in [2.24, 2.45) is 17.6 Å². The number of methoxy groups -OCH3 is 1. The molecule has 1 heterocycles. The minimum atomic E-state index is -2.51. The molecule has 4 aromatic rings. The third-order valence-electron chi connectivity index (χ3n) is 21.1. The largest absolute Gasteiger partial charge is 0.507 e. The smallest absolute Gasteiger partial charge is 0.407 e. The number of hydrogen-bond donors (Lipinski definition) is 17. The number of rotatable bonds is 35. The van der Waals surface area contributed by atoms with Crippen LogP contribution in [0.2, 0.25) is 0 Å². The summed E-state index contributed by atoms with van der Waals surface area (Å²) in [6, 6.07) is 7.94. The van der Waals surface area contributed by atoms with E-state index in [4.69, 9.17) is 24.7 Å². The molecule has 4 aromatic carbocycles. The molecule has 9 rings (SSSR count). The number of alkyl carbamates (subject to hydrolysis) is 1. The number of nitrogens with two attached hydrogens (primary N) is 1. The highest BCUT2D eigenvalue weighted by Crippen LogP contribution is 2.53. The van der Waals surface area contributed by atoms with Gasteiger partial charge < -0.3 is 108 Å². The molecule has 1 saturated carbocycles. The lowest BCUT2D eigenvalue weighted by Crippen LogP contribution is -2.62. The number of carbonyl (C=O) groups is 13. The van der Waals surface area contributed by atoms with Gasteiger partial charge in [0.25, 0.3) is 0 Å². The molecule has 4 aliphatic carbocycles. The molecule has 34 heteroatoms. The Labute approximate surface area is 645 Å². The van der Waals surface area contributed by atoms with Gasteiger partial charge in [-0.2, -0.15) is 0 Å².